The highest BCUT2D eigenvalue weighted by Crippen LogP contribution is 2.29. The second-order valence-electron chi connectivity index (χ2n) is 4.71. The Balaban J connectivity index is 3.28. The monoisotopic (exact) mass is 313 g/mol. The Morgan fingerprint density at radius 2 is 2.00 bits per heavy atom. The number of hydrogen-bond donors (Lipinski definition) is 2. The zero-order valence-corrected chi connectivity index (χ0v) is 12.8. The zero-order chi connectivity index (χ0) is 13.9. The fraction of sp³-hybridized carbons (Fsp3) is 0.462. The Bertz CT molecular complexity index is 446. The molecule has 1 atom stereocenters. The molecule has 0 aliphatic heterocycles. The first kappa shape index (κ1) is 14.8. The van der Waals surface area contributed by atoms with Crippen LogP contribution in [0, 0.1) is 5.92 Å². The first-order valence-electron chi connectivity index (χ1n) is 5.89. The van der Waals surface area contributed by atoms with Crippen molar-refractivity contribution in [2.75, 3.05) is 11.9 Å². The maximum atomic E-state index is 8.89. The Labute approximate surface area is 117 Å². The Morgan fingerprint density at radius 3 is 2.50 bits per heavy atom. The Morgan fingerprint density at radius 1 is 1.39 bits per heavy atom. The molecule has 0 amide bonds. The molecule has 0 bridgehead atoms. The fourth-order valence-electron chi connectivity index (χ4n) is 1.78. The molecule has 0 spiro atoms. The van der Waals surface area contributed by atoms with Crippen molar-refractivity contribution >= 4 is 27.5 Å². The molecule has 0 radical (unpaired) electrons. The highest BCUT2D eigenvalue weighted by Gasteiger charge is 2.19. The van der Waals surface area contributed by atoms with E-state index in [2.05, 4.69) is 46.8 Å². The topological polar surface area (TPSA) is 61.8 Å². The third-order valence-electron chi connectivity index (χ3n) is 3.31. The molecule has 0 aromatic heterocycles. The number of nitrogens with two attached hydrogens (primary N) is 1. The van der Waals surface area contributed by atoms with Crippen LogP contribution in [-0.2, 0) is 0 Å². The smallest absolute Gasteiger partial charge is 0.173 e. The van der Waals surface area contributed by atoms with E-state index >= 15 is 0 Å². The summed E-state index contributed by atoms with van der Waals surface area (Å²) in [5, 5.41) is 12.0. The largest absolute Gasteiger partial charge is 0.409 e. The summed E-state index contributed by atoms with van der Waals surface area (Å²) in [6.45, 7) is 6.49. The number of hydrogen-bond acceptors (Lipinski definition) is 3. The van der Waals surface area contributed by atoms with Crippen molar-refractivity contribution in [1.29, 1.82) is 0 Å². The molecule has 0 saturated carbocycles. The summed E-state index contributed by atoms with van der Waals surface area (Å²) in [4.78, 5) is 2.14. The lowest BCUT2D eigenvalue weighted by Gasteiger charge is -2.31. The third kappa shape index (κ3) is 2.96. The third-order valence-corrected chi connectivity index (χ3v) is 3.97. The summed E-state index contributed by atoms with van der Waals surface area (Å²) >= 11 is 3.44. The molecule has 1 unspecified atom stereocenters. The highest BCUT2D eigenvalue weighted by atomic mass is 79.9. The molecule has 0 fully saturated rings. The standard InChI is InChI=1S/C13H20BrN3O/c1-8(2)9(3)17(4)11-7-5-6-10(14)12(11)13(15)16-18/h5-9,18H,1-4H3,(H2,15,16). The van der Waals surface area contributed by atoms with Gasteiger partial charge >= 0.3 is 0 Å². The molecular weight excluding hydrogens is 294 g/mol. The molecule has 18 heavy (non-hydrogen) atoms. The molecule has 0 aliphatic carbocycles. The minimum atomic E-state index is 0.111. The summed E-state index contributed by atoms with van der Waals surface area (Å²) in [7, 11) is 2.01. The van der Waals surface area contributed by atoms with Crippen molar-refractivity contribution in [2.45, 2.75) is 26.8 Å². The number of amidine groups is 1. The predicted octanol–water partition coefficient (Wildman–Crippen LogP) is 3.02. The van der Waals surface area contributed by atoms with Crippen molar-refractivity contribution in [1.82, 2.24) is 0 Å². The number of oxime groups is 1. The SMILES string of the molecule is CC(C)C(C)N(C)c1cccc(Br)c1/C(N)=N/O. The fourth-order valence-corrected chi connectivity index (χ4v) is 2.34. The maximum Gasteiger partial charge on any atom is 0.173 e. The lowest BCUT2D eigenvalue weighted by Crippen LogP contribution is -2.35. The van der Waals surface area contributed by atoms with Crippen molar-refractivity contribution in [3.05, 3.63) is 28.2 Å². The van der Waals surface area contributed by atoms with Gasteiger partial charge in [-0.2, -0.15) is 0 Å². The van der Waals surface area contributed by atoms with Gasteiger partial charge in [0, 0.05) is 23.2 Å². The van der Waals surface area contributed by atoms with Gasteiger partial charge in [-0.3, -0.25) is 0 Å². The van der Waals surface area contributed by atoms with Gasteiger partial charge in [-0.05, 0) is 40.9 Å². The van der Waals surface area contributed by atoms with Crippen LogP contribution in [-0.4, -0.2) is 24.1 Å². The van der Waals surface area contributed by atoms with Crippen LogP contribution < -0.4 is 10.6 Å². The van der Waals surface area contributed by atoms with E-state index in [1.807, 2.05) is 25.2 Å². The molecular formula is C13H20BrN3O. The minimum Gasteiger partial charge on any atom is -0.409 e. The Kier molecular flexibility index (Phi) is 5.02. The van der Waals surface area contributed by atoms with Crippen LogP contribution in [0.5, 0.6) is 0 Å². The van der Waals surface area contributed by atoms with Gasteiger partial charge in [-0.15, -0.1) is 0 Å². The first-order valence-corrected chi connectivity index (χ1v) is 6.68. The van der Waals surface area contributed by atoms with E-state index in [-0.39, 0.29) is 5.84 Å². The molecule has 0 heterocycles. The number of halogens is 1. The van der Waals surface area contributed by atoms with E-state index in [0.717, 1.165) is 15.7 Å². The van der Waals surface area contributed by atoms with Crippen LogP contribution in [0.2, 0.25) is 0 Å². The molecule has 1 rings (SSSR count). The second kappa shape index (κ2) is 6.09. The van der Waals surface area contributed by atoms with Gasteiger partial charge in [0.05, 0.1) is 5.56 Å². The van der Waals surface area contributed by atoms with E-state index < -0.39 is 0 Å². The van der Waals surface area contributed by atoms with Gasteiger partial charge in [-0.1, -0.05) is 25.1 Å². The van der Waals surface area contributed by atoms with Gasteiger partial charge in [0.2, 0.25) is 0 Å². The summed E-state index contributed by atoms with van der Waals surface area (Å²) in [6, 6.07) is 6.14. The number of benzene rings is 1. The highest BCUT2D eigenvalue weighted by molar-refractivity contribution is 9.10. The van der Waals surface area contributed by atoms with Crippen LogP contribution in [0.15, 0.2) is 27.8 Å². The van der Waals surface area contributed by atoms with Gasteiger partial charge in [0.25, 0.3) is 0 Å². The second-order valence-corrected chi connectivity index (χ2v) is 5.57. The molecule has 3 N–H and O–H groups in total. The van der Waals surface area contributed by atoms with Gasteiger partial charge in [0.1, 0.15) is 0 Å². The molecule has 1 aromatic rings. The van der Waals surface area contributed by atoms with E-state index in [1.165, 1.54) is 0 Å². The molecule has 5 heteroatoms. The van der Waals surface area contributed by atoms with Crippen LogP contribution in [0.4, 0.5) is 5.69 Å². The molecule has 1 aromatic carbocycles. The summed E-state index contributed by atoms with van der Waals surface area (Å²) in [5.74, 6) is 0.620. The van der Waals surface area contributed by atoms with E-state index in [0.29, 0.717) is 12.0 Å². The molecule has 0 aliphatic rings. The number of nitrogens with zero attached hydrogens (tertiary/aromatic N) is 2. The van der Waals surface area contributed by atoms with Crippen molar-refractivity contribution in [2.24, 2.45) is 16.8 Å². The maximum absolute atomic E-state index is 8.89. The summed E-state index contributed by atoms with van der Waals surface area (Å²) in [5.41, 5.74) is 7.42. The van der Waals surface area contributed by atoms with Gasteiger partial charge in [0.15, 0.2) is 5.84 Å². The van der Waals surface area contributed by atoms with E-state index in [4.69, 9.17) is 10.9 Å². The van der Waals surface area contributed by atoms with Crippen molar-refractivity contribution < 1.29 is 5.21 Å². The average Bonchev–Trinajstić information content (AvgIpc) is 2.35. The summed E-state index contributed by atoms with van der Waals surface area (Å²) in [6.07, 6.45) is 0. The number of rotatable bonds is 4. The van der Waals surface area contributed by atoms with Crippen LogP contribution in [0.25, 0.3) is 0 Å². The predicted molar refractivity (Wildman–Crippen MR) is 79.4 cm³/mol. The molecule has 4 nitrogen and oxygen atoms in total. The molecule has 0 saturated heterocycles. The quantitative estimate of drug-likeness (QED) is 0.389. The average molecular weight is 314 g/mol. The Hall–Kier alpha value is -1.23. The van der Waals surface area contributed by atoms with Gasteiger partial charge < -0.3 is 15.8 Å². The van der Waals surface area contributed by atoms with Gasteiger partial charge in [-0.25, -0.2) is 0 Å². The van der Waals surface area contributed by atoms with Crippen LogP contribution in [0.1, 0.15) is 26.3 Å². The molecule has 100 valence electrons. The van der Waals surface area contributed by atoms with E-state index in [9.17, 15) is 0 Å². The minimum absolute atomic E-state index is 0.111. The lowest BCUT2D eigenvalue weighted by atomic mass is 10.0. The van der Waals surface area contributed by atoms with Crippen LogP contribution >= 0.6 is 15.9 Å². The number of anilines is 1. The van der Waals surface area contributed by atoms with Crippen molar-refractivity contribution in [3.63, 3.8) is 0 Å². The normalized spacial score (nSPS) is 13.8. The van der Waals surface area contributed by atoms with Crippen molar-refractivity contribution in [3.8, 4) is 0 Å². The first-order chi connectivity index (χ1) is 8.40. The summed E-state index contributed by atoms with van der Waals surface area (Å²) < 4.78 is 0.818. The van der Waals surface area contributed by atoms with Crippen LogP contribution in [0.3, 0.4) is 0 Å². The lowest BCUT2D eigenvalue weighted by molar-refractivity contribution is 0.318. The zero-order valence-electron chi connectivity index (χ0n) is 11.2. The van der Waals surface area contributed by atoms with E-state index in [1.54, 1.807) is 0 Å².